The zero-order chi connectivity index (χ0) is 51.1. The van der Waals surface area contributed by atoms with Crippen LogP contribution in [0.1, 0.15) is 74.3 Å². The summed E-state index contributed by atoms with van der Waals surface area (Å²) in [5.41, 5.74) is 33.6. The summed E-state index contributed by atoms with van der Waals surface area (Å²) < 4.78 is 102. The van der Waals surface area contributed by atoms with Crippen molar-refractivity contribution >= 4 is 0 Å². The van der Waals surface area contributed by atoms with Crippen LogP contribution in [0.4, 0.5) is 0 Å². The number of hydrogen-bond donors (Lipinski definition) is 0. The maximum Gasteiger partial charge on any atom is 0.104 e. The summed E-state index contributed by atoms with van der Waals surface area (Å²) in [5, 5.41) is 13.7. The van der Waals surface area contributed by atoms with Gasteiger partial charge >= 0.3 is 0 Å². The van der Waals surface area contributed by atoms with E-state index in [1.807, 2.05) is 0 Å². The maximum absolute atomic E-state index is 8.40. The second kappa shape index (κ2) is 84.3. The lowest BCUT2D eigenvalue weighted by Crippen LogP contribution is -2.32. The molecule has 0 amide bonds. The Labute approximate surface area is 483 Å². The molecule has 486 valence electrons. The Balaban J connectivity index is -0.000000529. The molecule has 80 heavy (non-hydrogen) atoms. The molecule has 4 unspecified atom stereocenters. The SMILES string of the molecule is C.C.C.C.C.C.C.C.C.C.COC(COCCN=[N+]=[N-])COCCOCC(COCCOCC(COCCN=[N+]=[N-])OC)OCCOC(COCCOCC(COCCN=[N+]=[N-])OC)COCCOCC(COCCN=[N+]=[N-])OC. The highest BCUT2D eigenvalue weighted by molar-refractivity contribution is 4.62. The van der Waals surface area contributed by atoms with Crippen LogP contribution in [0.25, 0.3) is 41.8 Å². The Kier molecular flexibility index (Phi) is 107. The van der Waals surface area contributed by atoms with E-state index in [-0.39, 0.29) is 270 Å². The van der Waals surface area contributed by atoms with Crippen LogP contribution in [-0.2, 0) is 85.3 Å². The van der Waals surface area contributed by atoms with Crippen LogP contribution >= 0.6 is 0 Å². The van der Waals surface area contributed by atoms with Crippen molar-refractivity contribution < 1.29 is 85.3 Å². The summed E-state index contributed by atoms with van der Waals surface area (Å²) in [4.78, 5) is 10.8. The van der Waals surface area contributed by atoms with Crippen molar-refractivity contribution in [1.82, 2.24) is 0 Å². The first kappa shape index (κ1) is 102. The molecule has 0 fully saturated rings. The molecule has 0 aliphatic carbocycles. The first-order chi connectivity index (χ1) is 34.5. The largest absolute Gasteiger partial charge is 0.379 e. The van der Waals surface area contributed by atoms with Gasteiger partial charge in [0.05, 0.1) is 172 Å². The van der Waals surface area contributed by atoms with Gasteiger partial charge in [-0.15, -0.1) is 0 Å². The monoisotopic (exact) mass is 1170 g/mol. The first-order valence-electron chi connectivity index (χ1n) is 22.8. The molecule has 0 bridgehead atoms. The molecule has 0 saturated carbocycles. The fraction of sp³-hybridized carbons (Fsp3) is 1.00. The molecule has 0 radical (unpaired) electrons. The van der Waals surface area contributed by atoms with E-state index in [0.29, 0.717) is 26.4 Å². The maximum atomic E-state index is 8.40. The van der Waals surface area contributed by atoms with Gasteiger partial charge in [0.1, 0.15) is 36.6 Å². The molecule has 0 aromatic carbocycles. The van der Waals surface area contributed by atoms with E-state index in [2.05, 4.69) is 40.1 Å². The Hall–Kier alpha value is -3.48. The average molecular weight is 1180 g/mol. The van der Waals surface area contributed by atoms with E-state index in [9.17, 15) is 0 Å². The van der Waals surface area contributed by atoms with Gasteiger partial charge in [-0.1, -0.05) is 94.7 Å². The molecule has 0 aliphatic heterocycles. The van der Waals surface area contributed by atoms with Gasteiger partial charge in [-0.25, -0.2) is 0 Å². The molecule has 0 aromatic heterocycles. The van der Waals surface area contributed by atoms with E-state index in [4.69, 9.17) is 107 Å². The van der Waals surface area contributed by atoms with Crippen molar-refractivity contribution in [3.63, 3.8) is 0 Å². The van der Waals surface area contributed by atoms with Crippen LogP contribution in [0, 0.1) is 0 Å². The zero-order valence-corrected chi connectivity index (χ0v) is 41.4. The molecule has 0 aliphatic rings. The number of ether oxygens (including phenoxy) is 18. The Morgan fingerprint density at radius 2 is 0.388 bits per heavy atom. The van der Waals surface area contributed by atoms with E-state index < -0.39 is 12.2 Å². The normalized spacial score (nSPS) is 12.1. The molecule has 0 spiro atoms. The van der Waals surface area contributed by atoms with Crippen LogP contribution in [0.3, 0.4) is 0 Å². The van der Waals surface area contributed by atoms with Crippen LogP contribution in [-0.4, -0.2) is 263 Å². The Morgan fingerprint density at radius 1 is 0.237 bits per heavy atom. The lowest BCUT2D eigenvalue weighted by Gasteiger charge is -2.21. The number of rotatable bonds is 57. The summed E-state index contributed by atoms with van der Waals surface area (Å²) in [6.45, 7) is 7.74. The van der Waals surface area contributed by atoms with Gasteiger partial charge in [0.2, 0.25) is 0 Å². The van der Waals surface area contributed by atoms with Crippen molar-refractivity contribution in [3.05, 3.63) is 41.8 Å². The topological polar surface area (TPSA) is 361 Å². The second-order valence-corrected chi connectivity index (χ2v) is 14.1. The molecular formula is C50H118N12O18. The van der Waals surface area contributed by atoms with Crippen LogP contribution < -0.4 is 0 Å². The highest BCUT2D eigenvalue weighted by Gasteiger charge is 2.16. The Morgan fingerprint density at radius 3 is 0.537 bits per heavy atom. The lowest BCUT2D eigenvalue weighted by molar-refractivity contribution is -0.112. The minimum atomic E-state index is -0.462. The number of azide groups is 4. The summed E-state index contributed by atoms with van der Waals surface area (Å²) >= 11 is 0. The minimum Gasteiger partial charge on any atom is -0.379 e. The molecule has 0 heterocycles. The fourth-order valence-electron chi connectivity index (χ4n) is 5.10. The third kappa shape index (κ3) is 70.6. The van der Waals surface area contributed by atoms with Gasteiger partial charge in [-0.3, -0.25) is 0 Å². The number of nitrogens with zero attached hydrogens (tertiary/aromatic N) is 12. The van der Waals surface area contributed by atoms with Gasteiger partial charge in [0, 0.05) is 74.3 Å². The van der Waals surface area contributed by atoms with Gasteiger partial charge in [0.15, 0.2) is 0 Å². The van der Waals surface area contributed by atoms with E-state index in [1.54, 1.807) is 28.4 Å². The van der Waals surface area contributed by atoms with Crippen molar-refractivity contribution in [2.24, 2.45) is 20.5 Å². The number of hydrogen-bond acceptors (Lipinski definition) is 22. The molecule has 30 nitrogen and oxygen atoms in total. The van der Waals surface area contributed by atoms with Gasteiger partial charge in [0.25, 0.3) is 0 Å². The standard InChI is InChI=1S/C40H78N12O18.10CH4/c1-53-35(23-57-9-5-45-49-41)27-61-13-17-65-31-39(32-66-18-14-62-28-36(54-2)24-58-10-6-46-50-42)69-21-22-70-40(33-67-19-15-63-29-37(55-3)25-59-11-7-47-51-43)34-68-20-16-64-30-38(56-4)26-60-12-8-48-52-44;;;;;;;;;;/h35-40H,5-34H2,1-4H3;10*1H4. The fourth-order valence-corrected chi connectivity index (χ4v) is 5.10. The Bertz CT molecular complexity index is 1170. The van der Waals surface area contributed by atoms with Gasteiger partial charge < -0.3 is 85.3 Å². The quantitative estimate of drug-likeness (QED) is 0.0236. The van der Waals surface area contributed by atoms with Crippen LogP contribution in [0.2, 0.25) is 0 Å². The van der Waals surface area contributed by atoms with Crippen molar-refractivity contribution in [2.45, 2.75) is 111 Å². The predicted molar refractivity (Wildman–Crippen MR) is 316 cm³/mol. The minimum absolute atomic E-state index is 0. The van der Waals surface area contributed by atoms with E-state index >= 15 is 0 Å². The highest BCUT2D eigenvalue weighted by atomic mass is 16.6. The van der Waals surface area contributed by atoms with Crippen LogP contribution in [0.5, 0.6) is 0 Å². The van der Waals surface area contributed by atoms with Gasteiger partial charge in [-0.2, -0.15) is 0 Å². The summed E-state index contributed by atoms with van der Waals surface area (Å²) in [5.74, 6) is 0. The van der Waals surface area contributed by atoms with Crippen molar-refractivity contribution in [3.8, 4) is 0 Å². The molecule has 0 N–H and O–H groups in total. The zero-order valence-electron chi connectivity index (χ0n) is 41.4. The van der Waals surface area contributed by atoms with E-state index in [0.717, 1.165) is 0 Å². The van der Waals surface area contributed by atoms with E-state index in [1.165, 1.54) is 0 Å². The molecule has 4 atom stereocenters. The predicted octanol–water partition coefficient (Wildman–Crippen LogP) is 9.62. The smallest absolute Gasteiger partial charge is 0.104 e. The third-order valence-corrected chi connectivity index (χ3v) is 8.85. The summed E-state index contributed by atoms with van der Waals surface area (Å²) in [7, 11) is 6.23. The van der Waals surface area contributed by atoms with Crippen LogP contribution in [0.15, 0.2) is 20.5 Å². The van der Waals surface area contributed by atoms with Gasteiger partial charge in [-0.05, 0) is 22.1 Å². The first-order valence-corrected chi connectivity index (χ1v) is 22.8. The average Bonchev–Trinajstić information content (AvgIpc) is 3.37. The third-order valence-electron chi connectivity index (χ3n) is 8.85. The molecule has 0 rings (SSSR count). The molecule has 0 saturated heterocycles. The number of methoxy groups -OCH3 is 4. The lowest BCUT2D eigenvalue weighted by atomic mass is 10.4. The highest BCUT2D eigenvalue weighted by Crippen LogP contribution is 2.03. The van der Waals surface area contributed by atoms with Crippen molar-refractivity contribution in [2.75, 3.05) is 226 Å². The second-order valence-electron chi connectivity index (χ2n) is 14.1. The summed E-state index contributed by atoms with van der Waals surface area (Å²) in [6, 6.07) is 0. The molecule has 0 aromatic rings. The summed E-state index contributed by atoms with van der Waals surface area (Å²) in [6.07, 6.45) is -2.14. The molecule has 30 heteroatoms. The van der Waals surface area contributed by atoms with Crippen molar-refractivity contribution in [1.29, 1.82) is 0 Å². The molecular weight excluding hydrogens is 1060 g/mol.